The fourth-order valence-corrected chi connectivity index (χ4v) is 4.93. The zero-order valence-electron chi connectivity index (χ0n) is 18.1. The summed E-state index contributed by atoms with van der Waals surface area (Å²) >= 11 is 0. The number of anilines is 1. The fourth-order valence-electron chi connectivity index (χ4n) is 3.47. The number of ether oxygens (including phenoxy) is 1. The van der Waals surface area contributed by atoms with Crippen molar-refractivity contribution in [2.45, 2.75) is 25.3 Å². The van der Waals surface area contributed by atoms with Gasteiger partial charge in [-0.25, -0.2) is 13.4 Å². The smallest absolute Gasteiger partial charge is 0.264 e. The van der Waals surface area contributed by atoms with Gasteiger partial charge in [0.1, 0.15) is 17.2 Å². The van der Waals surface area contributed by atoms with Crippen LogP contribution in [0.5, 0.6) is 5.75 Å². The molecule has 0 fully saturated rings. The summed E-state index contributed by atoms with van der Waals surface area (Å²) in [6, 6.07) is 23.2. The SMILES string of the molecule is COc1ccccc1N(Cc1nc(-c2cccc(C)c2)oc1C)S(=O)(=O)c1ccccc1. The van der Waals surface area contributed by atoms with E-state index in [1.807, 2.05) is 31.2 Å². The molecule has 0 aliphatic rings. The number of para-hydroxylation sites is 2. The number of rotatable bonds is 7. The number of methoxy groups -OCH3 is 1. The van der Waals surface area contributed by atoms with E-state index in [0.717, 1.165) is 11.1 Å². The van der Waals surface area contributed by atoms with Crippen molar-refractivity contribution in [1.29, 1.82) is 0 Å². The molecule has 4 aromatic rings. The van der Waals surface area contributed by atoms with Crippen molar-refractivity contribution in [1.82, 2.24) is 4.98 Å². The first kappa shape index (κ1) is 21.6. The second kappa shape index (κ2) is 8.88. The Morgan fingerprint density at radius 1 is 0.938 bits per heavy atom. The monoisotopic (exact) mass is 448 g/mol. The number of hydrogen-bond donors (Lipinski definition) is 0. The zero-order chi connectivity index (χ0) is 22.7. The van der Waals surface area contributed by atoms with Crippen molar-refractivity contribution in [3.05, 3.63) is 95.9 Å². The molecule has 0 saturated heterocycles. The maximum Gasteiger partial charge on any atom is 0.264 e. The summed E-state index contributed by atoms with van der Waals surface area (Å²) in [5.74, 6) is 1.47. The van der Waals surface area contributed by atoms with Crippen LogP contribution in [0.1, 0.15) is 17.0 Å². The van der Waals surface area contributed by atoms with Crippen LogP contribution in [0.4, 0.5) is 5.69 Å². The molecule has 0 aliphatic heterocycles. The molecule has 0 N–H and O–H groups in total. The quantitative estimate of drug-likeness (QED) is 0.380. The Hall–Kier alpha value is -3.58. The summed E-state index contributed by atoms with van der Waals surface area (Å²) in [5, 5.41) is 0. The van der Waals surface area contributed by atoms with E-state index in [-0.39, 0.29) is 11.4 Å². The number of aryl methyl sites for hydroxylation is 2. The Bertz CT molecular complexity index is 1330. The highest BCUT2D eigenvalue weighted by Gasteiger charge is 2.29. The third-order valence-corrected chi connectivity index (χ3v) is 6.91. The van der Waals surface area contributed by atoms with Gasteiger partial charge in [0.25, 0.3) is 10.0 Å². The summed E-state index contributed by atoms with van der Waals surface area (Å²) in [6.07, 6.45) is 0. The van der Waals surface area contributed by atoms with Crippen molar-refractivity contribution >= 4 is 15.7 Å². The molecule has 6 nitrogen and oxygen atoms in total. The van der Waals surface area contributed by atoms with Gasteiger partial charge in [0.2, 0.25) is 5.89 Å². The van der Waals surface area contributed by atoms with Crippen molar-refractivity contribution in [3.63, 3.8) is 0 Å². The van der Waals surface area contributed by atoms with Crippen LogP contribution in [-0.2, 0) is 16.6 Å². The maximum absolute atomic E-state index is 13.7. The summed E-state index contributed by atoms with van der Waals surface area (Å²) < 4.78 is 40.0. The van der Waals surface area contributed by atoms with E-state index < -0.39 is 10.0 Å². The summed E-state index contributed by atoms with van der Waals surface area (Å²) in [7, 11) is -2.37. The summed E-state index contributed by atoms with van der Waals surface area (Å²) in [4.78, 5) is 4.82. The number of nitrogens with zero attached hydrogens (tertiary/aromatic N) is 2. The van der Waals surface area contributed by atoms with E-state index in [1.165, 1.54) is 11.4 Å². The van der Waals surface area contributed by atoms with E-state index in [9.17, 15) is 8.42 Å². The van der Waals surface area contributed by atoms with Crippen molar-refractivity contribution in [2.24, 2.45) is 0 Å². The average molecular weight is 449 g/mol. The Morgan fingerprint density at radius 3 is 2.38 bits per heavy atom. The number of sulfonamides is 1. The summed E-state index contributed by atoms with van der Waals surface area (Å²) in [6.45, 7) is 3.78. The molecular formula is C25H24N2O4S. The van der Waals surface area contributed by atoms with Crippen LogP contribution in [0.25, 0.3) is 11.5 Å². The Morgan fingerprint density at radius 2 is 1.66 bits per heavy atom. The third-order valence-electron chi connectivity index (χ3n) is 5.14. The normalized spacial score (nSPS) is 11.3. The van der Waals surface area contributed by atoms with Crippen LogP contribution in [0.15, 0.2) is 88.2 Å². The lowest BCUT2D eigenvalue weighted by atomic mass is 10.1. The van der Waals surface area contributed by atoms with Crippen molar-refractivity contribution in [2.75, 3.05) is 11.4 Å². The molecule has 0 amide bonds. The number of oxazole rings is 1. The van der Waals surface area contributed by atoms with Crippen LogP contribution in [0.2, 0.25) is 0 Å². The van der Waals surface area contributed by atoms with Gasteiger partial charge in [0.05, 0.1) is 24.2 Å². The fraction of sp³-hybridized carbons (Fsp3) is 0.160. The van der Waals surface area contributed by atoms with Gasteiger partial charge >= 0.3 is 0 Å². The molecular weight excluding hydrogens is 424 g/mol. The predicted octanol–water partition coefficient (Wildman–Crippen LogP) is 5.36. The minimum atomic E-state index is -3.89. The predicted molar refractivity (Wildman–Crippen MR) is 124 cm³/mol. The highest BCUT2D eigenvalue weighted by molar-refractivity contribution is 7.92. The lowest BCUT2D eigenvalue weighted by Gasteiger charge is -2.25. The molecule has 7 heteroatoms. The van der Waals surface area contributed by atoms with Gasteiger partial charge in [0, 0.05) is 5.56 Å². The minimum absolute atomic E-state index is 0.00124. The molecule has 0 spiro atoms. The number of hydrogen-bond acceptors (Lipinski definition) is 5. The van der Waals surface area contributed by atoms with Crippen LogP contribution in [0, 0.1) is 13.8 Å². The lowest BCUT2D eigenvalue weighted by molar-refractivity contribution is 0.415. The first-order valence-electron chi connectivity index (χ1n) is 10.1. The van der Waals surface area contributed by atoms with Gasteiger partial charge in [-0.15, -0.1) is 0 Å². The van der Waals surface area contributed by atoms with Gasteiger partial charge in [-0.2, -0.15) is 0 Å². The molecule has 1 aromatic heterocycles. The third kappa shape index (κ3) is 4.24. The van der Waals surface area contributed by atoms with E-state index in [0.29, 0.717) is 28.8 Å². The minimum Gasteiger partial charge on any atom is -0.495 e. The molecule has 32 heavy (non-hydrogen) atoms. The van der Waals surface area contributed by atoms with Gasteiger partial charge in [-0.3, -0.25) is 4.31 Å². The average Bonchev–Trinajstić information content (AvgIpc) is 3.18. The topological polar surface area (TPSA) is 72.6 Å². The van der Waals surface area contributed by atoms with Crippen molar-refractivity contribution < 1.29 is 17.6 Å². The first-order chi connectivity index (χ1) is 15.4. The van der Waals surface area contributed by atoms with Gasteiger partial charge < -0.3 is 9.15 Å². The van der Waals surface area contributed by atoms with Gasteiger partial charge in [0.15, 0.2) is 0 Å². The highest BCUT2D eigenvalue weighted by atomic mass is 32.2. The molecule has 0 aliphatic carbocycles. The largest absolute Gasteiger partial charge is 0.495 e. The van der Waals surface area contributed by atoms with Crippen LogP contribution < -0.4 is 9.04 Å². The Labute approximate surface area is 188 Å². The molecule has 4 rings (SSSR count). The zero-order valence-corrected chi connectivity index (χ0v) is 19.0. The number of benzene rings is 3. The van der Waals surface area contributed by atoms with E-state index >= 15 is 0 Å². The van der Waals surface area contributed by atoms with Crippen LogP contribution in [-0.4, -0.2) is 20.5 Å². The first-order valence-corrected chi connectivity index (χ1v) is 11.6. The van der Waals surface area contributed by atoms with Crippen LogP contribution in [0.3, 0.4) is 0 Å². The molecule has 0 bridgehead atoms. The molecule has 164 valence electrons. The van der Waals surface area contributed by atoms with Crippen molar-refractivity contribution in [3.8, 4) is 17.2 Å². The highest BCUT2D eigenvalue weighted by Crippen LogP contribution is 2.34. The standard InChI is InChI=1S/C25H24N2O4S/c1-18-10-9-11-20(16-18)25-26-22(19(2)31-25)17-27(23-14-7-8-15-24(23)30-3)32(28,29)21-12-5-4-6-13-21/h4-16H,17H2,1-3H3. The Balaban J connectivity index is 1.80. The second-order valence-electron chi connectivity index (χ2n) is 7.39. The second-order valence-corrected chi connectivity index (χ2v) is 9.25. The maximum atomic E-state index is 13.7. The molecule has 1 heterocycles. The molecule has 0 saturated carbocycles. The van der Waals surface area contributed by atoms with E-state index in [4.69, 9.17) is 9.15 Å². The van der Waals surface area contributed by atoms with Gasteiger partial charge in [-0.1, -0.05) is 48.0 Å². The molecule has 0 radical (unpaired) electrons. The van der Waals surface area contributed by atoms with Gasteiger partial charge in [-0.05, 0) is 50.2 Å². The summed E-state index contributed by atoms with van der Waals surface area (Å²) in [5.41, 5.74) is 2.89. The van der Waals surface area contributed by atoms with E-state index in [2.05, 4.69) is 4.98 Å². The molecule has 3 aromatic carbocycles. The lowest BCUT2D eigenvalue weighted by Crippen LogP contribution is -2.31. The molecule has 0 atom stereocenters. The Kier molecular flexibility index (Phi) is 6.01. The van der Waals surface area contributed by atoms with Crippen LogP contribution >= 0.6 is 0 Å². The molecule has 0 unspecified atom stereocenters. The number of aromatic nitrogens is 1. The van der Waals surface area contributed by atoms with E-state index in [1.54, 1.807) is 61.5 Å².